The Labute approximate surface area is 105 Å². The highest BCUT2D eigenvalue weighted by Crippen LogP contribution is 2.14. The molecule has 2 N–H and O–H groups in total. The van der Waals surface area contributed by atoms with Crippen LogP contribution in [-0.4, -0.2) is 50.1 Å². The molecule has 1 saturated heterocycles. The molecule has 1 heterocycles. The van der Waals surface area contributed by atoms with Gasteiger partial charge in [0.2, 0.25) is 5.91 Å². The molecule has 1 rings (SSSR count). The van der Waals surface area contributed by atoms with Crippen molar-refractivity contribution in [1.82, 2.24) is 15.5 Å². The second-order valence-corrected chi connectivity index (χ2v) is 5.41. The number of hydrogen-bond donors (Lipinski definition) is 2. The first kappa shape index (κ1) is 14.5. The van der Waals surface area contributed by atoms with Crippen LogP contribution in [0.25, 0.3) is 0 Å². The molecule has 0 unspecified atom stereocenters. The van der Waals surface area contributed by atoms with E-state index in [-0.39, 0.29) is 5.91 Å². The van der Waals surface area contributed by atoms with Crippen LogP contribution in [0.15, 0.2) is 0 Å². The monoisotopic (exact) mass is 241 g/mol. The fraction of sp³-hybridized carbons (Fsp3) is 0.923. The molecule has 0 aliphatic carbocycles. The number of nitrogens with one attached hydrogen (secondary N) is 2. The predicted octanol–water partition coefficient (Wildman–Crippen LogP) is 0.833. The Bertz CT molecular complexity index is 223. The second-order valence-electron chi connectivity index (χ2n) is 5.41. The van der Waals surface area contributed by atoms with E-state index in [1.807, 2.05) is 0 Å². The minimum Gasteiger partial charge on any atom is -0.356 e. The van der Waals surface area contributed by atoms with Crippen LogP contribution in [0.1, 0.15) is 33.1 Å². The molecule has 4 nitrogen and oxygen atoms in total. The molecule has 0 radical (unpaired) electrons. The molecule has 0 aromatic heterocycles. The van der Waals surface area contributed by atoms with Gasteiger partial charge >= 0.3 is 0 Å². The maximum atomic E-state index is 11.6. The van der Waals surface area contributed by atoms with E-state index in [1.54, 1.807) is 0 Å². The molecule has 17 heavy (non-hydrogen) atoms. The van der Waals surface area contributed by atoms with Crippen LogP contribution >= 0.6 is 0 Å². The maximum absolute atomic E-state index is 11.6. The highest BCUT2D eigenvalue weighted by molar-refractivity contribution is 5.76. The Morgan fingerprint density at radius 3 is 2.59 bits per heavy atom. The first-order chi connectivity index (χ1) is 8.08. The number of carbonyl (C=O) groups excluding carboxylic acids is 1. The van der Waals surface area contributed by atoms with Crippen molar-refractivity contribution in [3.8, 4) is 0 Å². The summed E-state index contributed by atoms with van der Waals surface area (Å²) in [6, 6.07) is 0.455. The van der Waals surface area contributed by atoms with Crippen LogP contribution in [0.5, 0.6) is 0 Å². The van der Waals surface area contributed by atoms with E-state index in [0.29, 0.717) is 18.4 Å². The van der Waals surface area contributed by atoms with E-state index in [9.17, 15) is 4.79 Å². The van der Waals surface area contributed by atoms with Crippen LogP contribution in [0.4, 0.5) is 0 Å². The van der Waals surface area contributed by atoms with Crippen LogP contribution in [0.2, 0.25) is 0 Å². The summed E-state index contributed by atoms with van der Waals surface area (Å²) in [5.41, 5.74) is 0. The topological polar surface area (TPSA) is 44.4 Å². The summed E-state index contributed by atoms with van der Waals surface area (Å²) in [6.07, 6.45) is 3.01. The Morgan fingerprint density at radius 2 is 2.00 bits per heavy atom. The Hall–Kier alpha value is -0.610. The predicted molar refractivity (Wildman–Crippen MR) is 71.0 cm³/mol. The van der Waals surface area contributed by atoms with E-state index >= 15 is 0 Å². The summed E-state index contributed by atoms with van der Waals surface area (Å²) >= 11 is 0. The largest absolute Gasteiger partial charge is 0.356 e. The van der Waals surface area contributed by atoms with Crippen LogP contribution in [0.3, 0.4) is 0 Å². The number of hydrogen-bond acceptors (Lipinski definition) is 3. The van der Waals surface area contributed by atoms with Gasteiger partial charge < -0.3 is 15.5 Å². The molecule has 0 aromatic carbocycles. The lowest BCUT2D eigenvalue weighted by Gasteiger charge is -2.28. The highest BCUT2D eigenvalue weighted by atomic mass is 16.1. The molecule has 0 saturated carbocycles. The van der Waals surface area contributed by atoms with Gasteiger partial charge in [0, 0.05) is 25.6 Å². The van der Waals surface area contributed by atoms with Crippen molar-refractivity contribution in [2.75, 3.05) is 33.2 Å². The van der Waals surface area contributed by atoms with Crippen molar-refractivity contribution in [3.05, 3.63) is 0 Å². The number of carbonyl (C=O) groups is 1. The molecular formula is C13H27N3O. The molecule has 4 heteroatoms. The third-order valence-corrected chi connectivity index (χ3v) is 3.33. The third kappa shape index (κ3) is 6.64. The normalized spacial score (nSPS) is 18.6. The van der Waals surface area contributed by atoms with E-state index in [0.717, 1.165) is 26.2 Å². The summed E-state index contributed by atoms with van der Waals surface area (Å²) in [4.78, 5) is 13.9. The van der Waals surface area contributed by atoms with Crippen molar-refractivity contribution in [2.45, 2.75) is 39.2 Å². The van der Waals surface area contributed by atoms with Gasteiger partial charge in [-0.05, 0) is 38.9 Å². The molecule has 0 bridgehead atoms. The molecular weight excluding hydrogens is 214 g/mol. The number of amides is 1. The van der Waals surface area contributed by atoms with Gasteiger partial charge in [-0.25, -0.2) is 0 Å². The van der Waals surface area contributed by atoms with Gasteiger partial charge in [-0.3, -0.25) is 4.79 Å². The van der Waals surface area contributed by atoms with Crippen molar-refractivity contribution < 1.29 is 4.79 Å². The fourth-order valence-corrected chi connectivity index (χ4v) is 2.09. The zero-order valence-corrected chi connectivity index (χ0v) is 11.5. The van der Waals surface area contributed by atoms with Crippen molar-refractivity contribution in [3.63, 3.8) is 0 Å². The fourth-order valence-electron chi connectivity index (χ4n) is 2.09. The summed E-state index contributed by atoms with van der Waals surface area (Å²) in [7, 11) is 2.16. The lowest BCUT2D eigenvalue weighted by molar-refractivity contribution is -0.121. The van der Waals surface area contributed by atoms with Crippen molar-refractivity contribution >= 4 is 5.91 Å². The molecule has 1 fully saturated rings. The SMILES string of the molecule is CC(C)NCCC(=O)NCC1CCN(C)CC1. The van der Waals surface area contributed by atoms with E-state index in [4.69, 9.17) is 0 Å². The van der Waals surface area contributed by atoms with E-state index in [1.165, 1.54) is 12.8 Å². The lowest BCUT2D eigenvalue weighted by atomic mass is 9.97. The molecule has 1 amide bonds. The Morgan fingerprint density at radius 1 is 1.35 bits per heavy atom. The molecule has 0 atom stereocenters. The van der Waals surface area contributed by atoms with Gasteiger partial charge in [-0.1, -0.05) is 13.8 Å². The van der Waals surface area contributed by atoms with E-state index < -0.39 is 0 Å². The Kier molecular flexibility index (Phi) is 6.52. The first-order valence-electron chi connectivity index (χ1n) is 6.76. The summed E-state index contributed by atoms with van der Waals surface area (Å²) in [5, 5.41) is 6.30. The zero-order chi connectivity index (χ0) is 12.7. The smallest absolute Gasteiger partial charge is 0.221 e. The number of piperidine rings is 1. The average molecular weight is 241 g/mol. The van der Waals surface area contributed by atoms with E-state index in [2.05, 4.69) is 36.4 Å². The zero-order valence-electron chi connectivity index (χ0n) is 11.5. The van der Waals surface area contributed by atoms with Crippen LogP contribution in [0, 0.1) is 5.92 Å². The minimum atomic E-state index is 0.178. The average Bonchev–Trinajstić information content (AvgIpc) is 2.28. The van der Waals surface area contributed by atoms with Crippen LogP contribution < -0.4 is 10.6 Å². The highest BCUT2D eigenvalue weighted by Gasteiger charge is 2.16. The third-order valence-electron chi connectivity index (χ3n) is 3.33. The van der Waals surface area contributed by atoms with Gasteiger partial charge in [0.25, 0.3) is 0 Å². The molecule has 1 aliphatic heterocycles. The maximum Gasteiger partial charge on any atom is 0.221 e. The van der Waals surface area contributed by atoms with Crippen molar-refractivity contribution in [2.24, 2.45) is 5.92 Å². The summed E-state index contributed by atoms with van der Waals surface area (Å²) in [5.74, 6) is 0.852. The summed E-state index contributed by atoms with van der Waals surface area (Å²) < 4.78 is 0. The Balaban J connectivity index is 2.03. The summed E-state index contributed by atoms with van der Waals surface area (Å²) in [6.45, 7) is 8.14. The van der Waals surface area contributed by atoms with Gasteiger partial charge in [0.05, 0.1) is 0 Å². The molecule has 100 valence electrons. The molecule has 0 aromatic rings. The second kappa shape index (κ2) is 7.67. The number of nitrogens with zero attached hydrogens (tertiary/aromatic N) is 1. The number of likely N-dealkylation sites (tertiary alicyclic amines) is 1. The minimum absolute atomic E-state index is 0.178. The molecule has 1 aliphatic rings. The van der Waals surface area contributed by atoms with Gasteiger partial charge in [0.15, 0.2) is 0 Å². The van der Waals surface area contributed by atoms with Gasteiger partial charge in [-0.15, -0.1) is 0 Å². The number of rotatable bonds is 6. The standard InChI is InChI=1S/C13H27N3O/c1-11(2)14-7-4-13(17)15-10-12-5-8-16(3)9-6-12/h11-12,14H,4-10H2,1-3H3,(H,15,17). The van der Waals surface area contributed by atoms with Gasteiger partial charge in [-0.2, -0.15) is 0 Å². The molecule has 0 spiro atoms. The lowest BCUT2D eigenvalue weighted by Crippen LogP contribution is -2.37. The van der Waals surface area contributed by atoms with Crippen molar-refractivity contribution in [1.29, 1.82) is 0 Å². The quantitative estimate of drug-likeness (QED) is 0.724. The first-order valence-corrected chi connectivity index (χ1v) is 6.76. The van der Waals surface area contributed by atoms with Gasteiger partial charge in [0.1, 0.15) is 0 Å². The van der Waals surface area contributed by atoms with Crippen LogP contribution in [-0.2, 0) is 4.79 Å².